The van der Waals surface area contributed by atoms with Gasteiger partial charge in [0, 0.05) is 23.6 Å². The van der Waals surface area contributed by atoms with Crippen LogP contribution >= 0.6 is 0 Å². The lowest BCUT2D eigenvalue weighted by Gasteiger charge is -2.17. The lowest BCUT2D eigenvalue weighted by Crippen LogP contribution is -2.44. The maximum Gasteiger partial charge on any atom is 0.270 e. The smallest absolute Gasteiger partial charge is 0.270 e. The Morgan fingerprint density at radius 3 is 2.71 bits per heavy atom. The molecule has 0 radical (unpaired) electrons. The van der Waals surface area contributed by atoms with Gasteiger partial charge in [-0.25, -0.2) is 0 Å². The number of carbonyl (C=O) groups excluding carboxylic acids is 2. The minimum absolute atomic E-state index is 0.119. The van der Waals surface area contributed by atoms with Crippen LogP contribution in [0.3, 0.4) is 0 Å². The Bertz CT molecular complexity index is 598. The number of benzene rings is 1. The molecule has 1 aromatic rings. The van der Waals surface area contributed by atoms with E-state index in [1.807, 2.05) is 12.2 Å². The van der Waals surface area contributed by atoms with Crippen molar-refractivity contribution < 1.29 is 14.5 Å². The van der Waals surface area contributed by atoms with E-state index in [0.717, 1.165) is 18.9 Å². The van der Waals surface area contributed by atoms with Crippen molar-refractivity contribution in [2.45, 2.75) is 19.3 Å². The average molecular weight is 289 g/mol. The van der Waals surface area contributed by atoms with Crippen LogP contribution in [0.15, 0.2) is 36.4 Å². The molecular formula is C14H15N3O4. The number of hydrogen-bond acceptors (Lipinski definition) is 4. The number of non-ortho nitro benzene ring substituents is 1. The quantitative estimate of drug-likeness (QED) is 0.502. The van der Waals surface area contributed by atoms with E-state index in [4.69, 9.17) is 0 Å². The van der Waals surface area contributed by atoms with Gasteiger partial charge in [0.2, 0.25) is 5.91 Å². The Morgan fingerprint density at radius 2 is 2.05 bits per heavy atom. The van der Waals surface area contributed by atoms with Crippen LogP contribution in [0, 0.1) is 16.0 Å². The number of nitro benzene ring substituents is 1. The first-order valence-corrected chi connectivity index (χ1v) is 6.57. The van der Waals surface area contributed by atoms with Crippen molar-refractivity contribution in [1.82, 2.24) is 10.9 Å². The molecular weight excluding hydrogens is 274 g/mol. The van der Waals surface area contributed by atoms with Gasteiger partial charge in [0.25, 0.3) is 11.6 Å². The van der Waals surface area contributed by atoms with Crippen molar-refractivity contribution in [3.05, 3.63) is 52.1 Å². The zero-order chi connectivity index (χ0) is 15.2. The number of hydrazine groups is 1. The molecule has 2 rings (SSSR count). The summed E-state index contributed by atoms with van der Waals surface area (Å²) >= 11 is 0. The molecule has 0 saturated carbocycles. The monoisotopic (exact) mass is 289 g/mol. The summed E-state index contributed by atoms with van der Waals surface area (Å²) < 4.78 is 0. The predicted molar refractivity (Wildman–Crippen MR) is 75.2 cm³/mol. The summed E-state index contributed by atoms with van der Waals surface area (Å²) in [6, 6.07) is 5.31. The molecule has 1 aromatic carbocycles. The van der Waals surface area contributed by atoms with Gasteiger partial charge in [0.1, 0.15) is 0 Å². The molecule has 21 heavy (non-hydrogen) atoms. The number of hydrogen-bond donors (Lipinski definition) is 2. The molecule has 0 bridgehead atoms. The second kappa shape index (κ2) is 6.65. The highest BCUT2D eigenvalue weighted by atomic mass is 16.6. The molecule has 1 aliphatic carbocycles. The maximum absolute atomic E-state index is 11.8. The fraction of sp³-hybridized carbons (Fsp3) is 0.286. The highest BCUT2D eigenvalue weighted by Crippen LogP contribution is 2.17. The Kier molecular flexibility index (Phi) is 4.65. The molecule has 2 amide bonds. The van der Waals surface area contributed by atoms with Crippen LogP contribution in [0.4, 0.5) is 5.69 Å². The summed E-state index contributed by atoms with van der Waals surface area (Å²) in [6.45, 7) is 0. The van der Waals surface area contributed by atoms with Crippen molar-refractivity contribution in [2.75, 3.05) is 0 Å². The lowest BCUT2D eigenvalue weighted by molar-refractivity contribution is -0.384. The van der Waals surface area contributed by atoms with Crippen molar-refractivity contribution in [3.8, 4) is 0 Å². The predicted octanol–water partition coefficient (Wildman–Crippen LogP) is 1.71. The van der Waals surface area contributed by atoms with Gasteiger partial charge >= 0.3 is 0 Å². The molecule has 0 saturated heterocycles. The summed E-state index contributed by atoms with van der Waals surface area (Å²) in [5.74, 6) is -0.989. The second-order valence-corrected chi connectivity index (χ2v) is 4.73. The molecule has 1 atom stereocenters. The number of nitrogens with one attached hydrogen (secondary N) is 2. The fourth-order valence-electron chi connectivity index (χ4n) is 2.09. The van der Waals surface area contributed by atoms with Gasteiger partial charge in [0.15, 0.2) is 0 Å². The van der Waals surface area contributed by atoms with Gasteiger partial charge in [-0.15, -0.1) is 0 Å². The lowest BCUT2D eigenvalue weighted by atomic mass is 9.94. The van der Waals surface area contributed by atoms with Crippen LogP contribution < -0.4 is 10.9 Å². The number of allylic oxidation sites excluding steroid dienone is 2. The van der Waals surface area contributed by atoms with Crippen LogP contribution in [0.5, 0.6) is 0 Å². The molecule has 2 N–H and O–H groups in total. The summed E-state index contributed by atoms with van der Waals surface area (Å²) in [5, 5.41) is 10.6. The normalized spacial score (nSPS) is 17.0. The molecule has 0 aromatic heterocycles. The molecule has 7 nitrogen and oxygen atoms in total. The van der Waals surface area contributed by atoms with E-state index in [1.54, 1.807) is 0 Å². The van der Waals surface area contributed by atoms with Gasteiger partial charge in [0.05, 0.1) is 4.92 Å². The number of nitro groups is 1. The zero-order valence-electron chi connectivity index (χ0n) is 11.2. The molecule has 0 spiro atoms. The van der Waals surface area contributed by atoms with Crippen molar-refractivity contribution in [3.63, 3.8) is 0 Å². The highest BCUT2D eigenvalue weighted by Gasteiger charge is 2.19. The van der Waals surface area contributed by atoms with E-state index in [2.05, 4.69) is 10.9 Å². The van der Waals surface area contributed by atoms with E-state index in [0.29, 0.717) is 6.42 Å². The first-order chi connectivity index (χ1) is 10.1. The molecule has 0 fully saturated rings. The van der Waals surface area contributed by atoms with Crippen molar-refractivity contribution >= 4 is 17.5 Å². The standard InChI is InChI=1S/C14H15N3O4/c18-13(10-5-2-1-3-6-10)15-16-14(19)11-7-4-8-12(9-11)17(20)21/h1-2,4,7-10H,3,5-6H2,(H,15,18)(H,16,19)/t10-/m0/s1. The Morgan fingerprint density at radius 1 is 1.24 bits per heavy atom. The minimum Gasteiger partial charge on any atom is -0.273 e. The molecule has 0 heterocycles. The Hall–Kier alpha value is -2.70. The summed E-state index contributed by atoms with van der Waals surface area (Å²) in [7, 11) is 0. The van der Waals surface area contributed by atoms with Crippen LogP contribution in [-0.4, -0.2) is 16.7 Å². The number of amides is 2. The minimum atomic E-state index is -0.585. The fourth-order valence-corrected chi connectivity index (χ4v) is 2.09. The third-order valence-corrected chi connectivity index (χ3v) is 3.26. The Labute approximate surface area is 121 Å². The van der Waals surface area contributed by atoms with Gasteiger partial charge in [-0.3, -0.25) is 30.6 Å². The van der Waals surface area contributed by atoms with E-state index < -0.39 is 10.8 Å². The van der Waals surface area contributed by atoms with Crippen LogP contribution in [0.25, 0.3) is 0 Å². The summed E-state index contributed by atoms with van der Waals surface area (Å²) in [6.07, 6.45) is 6.20. The summed E-state index contributed by atoms with van der Waals surface area (Å²) in [4.78, 5) is 33.8. The molecule has 110 valence electrons. The van der Waals surface area contributed by atoms with Gasteiger partial charge in [-0.2, -0.15) is 0 Å². The number of nitrogens with zero attached hydrogens (tertiary/aromatic N) is 1. The SMILES string of the molecule is O=C(NNC(=O)[C@H]1CC=CCC1)c1cccc([N+](=O)[O-])c1. The van der Waals surface area contributed by atoms with Crippen LogP contribution in [0.1, 0.15) is 29.6 Å². The van der Waals surface area contributed by atoms with Crippen LogP contribution in [-0.2, 0) is 4.79 Å². The summed E-state index contributed by atoms with van der Waals surface area (Å²) in [5.41, 5.74) is 4.58. The van der Waals surface area contributed by atoms with E-state index in [1.165, 1.54) is 18.2 Å². The molecule has 1 aliphatic rings. The first kappa shape index (κ1) is 14.7. The largest absolute Gasteiger partial charge is 0.273 e. The zero-order valence-corrected chi connectivity index (χ0v) is 11.2. The third-order valence-electron chi connectivity index (χ3n) is 3.26. The maximum atomic E-state index is 11.8. The van der Waals surface area contributed by atoms with Crippen LogP contribution in [0.2, 0.25) is 0 Å². The molecule has 7 heteroatoms. The van der Waals surface area contributed by atoms with E-state index >= 15 is 0 Å². The topological polar surface area (TPSA) is 101 Å². The highest BCUT2D eigenvalue weighted by molar-refractivity contribution is 5.96. The van der Waals surface area contributed by atoms with Gasteiger partial charge in [-0.1, -0.05) is 18.2 Å². The first-order valence-electron chi connectivity index (χ1n) is 6.57. The molecule has 0 aliphatic heterocycles. The third kappa shape index (κ3) is 3.88. The van der Waals surface area contributed by atoms with E-state index in [-0.39, 0.29) is 23.1 Å². The van der Waals surface area contributed by atoms with Crippen molar-refractivity contribution in [1.29, 1.82) is 0 Å². The second-order valence-electron chi connectivity index (χ2n) is 4.73. The molecule has 0 unspecified atom stereocenters. The van der Waals surface area contributed by atoms with Crippen molar-refractivity contribution in [2.24, 2.45) is 5.92 Å². The van der Waals surface area contributed by atoms with E-state index in [9.17, 15) is 19.7 Å². The van der Waals surface area contributed by atoms with Gasteiger partial charge < -0.3 is 0 Å². The van der Waals surface area contributed by atoms with Gasteiger partial charge in [-0.05, 0) is 25.3 Å². The number of carbonyl (C=O) groups is 2. The average Bonchev–Trinajstić information content (AvgIpc) is 2.53. The number of rotatable bonds is 3. The Balaban J connectivity index is 1.92.